The fourth-order valence-corrected chi connectivity index (χ4v) is 2.67. The molecule has 0 aromatic carbocycles. The summed E-state index contributed by atoms with van der Waals surface area (Å²) >= 11 is 6.18. The van der Waals surface area contributed by atoms with Crippen LogP contribution in [0.3, 0.4) is 0 Å². The minimum Gasteiger partial charge on any atom is -0.462 e. The van der Waals surface area contributed by atoms with Gasteiger partial charge in [0.15, 0.2) is 5.76 Å². The first-order chi connectivity index (χ1) is 11.3. The minimum atomic E-state index is 0.289. The Balaban J connectivity index is 1.52. The van der Waals surface area contributed by atoms with Crippen LogP contribution in [0, 0.1) is 0 Å². The molecule has 4 rings (SSSR count). The van der Waals surface area contributed by atoms with Crippen molar-refractivity contribution in [3.63, 3.8) is 0 Å². The molecular weight excluding hydrogens is 316 g/mol. The molecule has 0 bridgehead atoms. The largest absolute Gasteiger partial charge is 0.462 e. The summed E-state index contributed by atoms with van der Waals surface area (Å²) in [6.07, 6.45) is 15.5. The average Bonchev–Trinajstić information content (AvgIpc) is 3.03. The molecule has 1 aliphatic heterocycles. The maximum Gasteiger partial charge on any atom is 0.253 e. The quantitative estimate of drug-likeness (QED) is 0.805. The zero-order valence-electron chi connectivity index (χ0n) is 12.1. The van der Waals surface area contributed by atoms with Crippen LogP contribution in [-0.2, 0) is 9.47 Å². The van der Waals surface area contributed by atoms with Gasteiger partial charge in [-0.15, -0.1) is 0 Å². The number of hydrogen-bond donors (Lipinski definition) is 0. The molecule has 2 aromatic rings. The first-order valence-electron chi connectivity index (χ1n) is 7.23. The lowest BCUT2D eigenvalue weighted by atomic mass is 10.0. The zero-order chi connectivity index (χ0) is 15.6. The number of hydrogen-bond acceptors (Lipinski definition) is 5. The minimum absolute atomic E-state index is 0.289. The molecule has 0 N–H and O–H groups in total. The molecule has 0 radical (unpaired) electrons. The first-order valence-corrected chi connectivity index (χ1v) is 7.61. The van der Waals surface area contributed by atoms with Crippen LogP contribution < -0.4 is 0 Å². The number of rotatable bonds is 3. The molecule has 0 unspecified atom stereocenters. The van der Waals surface area contributed by atoms with Crippen LogP contribution in [0.25, 0.3) is 11.5 Å². The summed E-state index contributed by atoms with van der Waals surface area (Å²) < 4.78 is 12.9. The maximum atomic E-state index is 6.18. The van der Waals surface area contributed by atoms with Crippen LogP contribution in [0.4, 0.5) is 0 Å². The molecule has 1 aliphatic carbocycles. The third-order valence-corrected chi connectivity index (χ3v) is 3.92. The Morgan fingerprint density at radius 2 is 2.22 bits per heavy atom. The summed E-state index contributed by atoms with van der Waals surface area (Å²) in [6.45, 7) is 0. The molecule has 23 heavy (non-hydrogen) atoms. The second-order valence-electron chi connectivity index (χ2n) is 5.22. The predicted molar refractivity (Wildman–Crippen MR) is 85.1 cm³/mol. The van der Waals surface area contributed by atoms with Gasteiger partial charge in [-0.25, -0.2) is 4.52 Å². The lowest BCUT2D eigenvalue weighted by molar-refractivity contribution is 0.267. The van der Waals surface area contributed by atoms with Crippen LogP contribution >= 0.6 is 11.6 Å². The van der Waals surface area contributed by atoms with E-state index in [1.165, 1.54) is 16.4 Å². The number of nitrogens with zero attached hydrogens (tertiary/aromatic N) is 4. The van der Waals surface area contributed by atoms with Crippen molar-refractivity contribution in [1.29, 1.82) is 0 Å². The van der Waals surface area contributed by atoms with Crippen molar-refractivity contribution in [2.24, 2.45) is 0 Å². The van der Waals surface area contributed by atoms with Crippen molar-refractivity contribution in [2.75, 3.05) is 0 Å². The van der Waals surface area contributed by atoms with Crippen LogP contribution in [-0.4, -0.2) is 19.6 Å². The highest BCUT2D eigenvalue weighted by Gasteiger charge is 2.17. The van der Waals surface area contributed by atoms with Gasteiger partial charge in [-0.2, -0.15) is 15.1 Å². The molecular formula is C16H13ClN4O2. The van der Waals surface area contributed by atoms with Crippen molar-refractivity contribution in [2.45, 2.75) is 19.3 Å². The van der Waals surface area contributed by atoms with Crippen molar-refractivity contribution in [3.05, 3.63) is 65.3 Å². The van der Waals surface area contributed by atoms with E-state index >= 15 is 0 Å². The van der Waals surface area contributed by atoms with Gasteiger partial charge in [0.05, 0.1) is 5.56 Å². The van der Waals surface area contributed by atoms with E-state index in [4.69, 9.17) is 21.1 Å². The predicted octanol–water partition coefficient (Wildman–Crippen LogP) is 3.63. The van der Waals surface area contributed by atoms with Gasteiger partial charge in [0.25, 0.3) is 5.78 Å². The second-order valence-corrected chi connectivity index (χ2v) is 5.58. The van der Waals surface area contributed by atoms with E-state index < -0.39 is 0 Å². The third-order valence-electron chi connectivity index (χ3n) is 3.63. The number of allylic oxidation sites excluding steroid dienone is 4. The van der Waals surface area contributed by atoms with Gasteiger partial charge in [0, 0.05) is 12.6 Å². The smallest absolute Gasteiger partial charge is 0.253 e. The van der Waals surface area contributed by atoms with Gasteiger partial charge >= 0.3 is 0 Å². The molecule has 0 saturated carbocycles. The van der Waals surface area contributed by atoms with Gasteiger partial charge in [-0.1, -0.05) is 35.4 Å². The van der Waals surface area contributed by atoms with Gasteiger partial charge in [-0.3, -0.25) is 0 Å². The molecule has 0 atom stereocenters. The van der Waals surface area contributed by atoms with Gasteiger partial charge in [0.1, 0.15) is 29.8 Å². The molecule has 6 nitrogen and oxygen atoms in total. The van der Waals surface area contributed by atoms with Crippen molar-refractivity contribution in [1.82, 2.24) is 19.6 Å². The van der Waals surface area contributed by atoms with Gasteiger partial charge in [0.2, 0.25) is 0 Å². The molecule has 0 saturated heterocycles. The summed E-state index contributed by atoms with van der Waals surface area (Å²) in [5, 5.41) is 4.33. The fraction of sp³-hybridized carbons (Fsp3) is 0.188. The summed E-state index contributed by atoms with van der Waals surface area (Å²) in [5.41, 5.74) is 1.92. The van der Waals surface area contributed by atoms with Crippen LogP contribution in [0.5, 0.6) is 0 Å². The Morgan fingerprint density at radius 1 is 1.26 bits per heavy atom. The van der Waals surface area contributed by atoms with Crippen molar-refractivity contribution >= 4 is 23.1 Å². The van der Waals surface area contributed by atoms with Crippen molar-refractivity contribution < 1.29 is 9.47 Å². The summed E-state index contributed by atoms with van der Waals surface area (Å²) in [5.74, 6) is 1.69. The Labute approximate surface area is 137 Å². The maximum absolute atomic E-state index is 6.18. The van der Waals surface area contributed by atoms with Crippen LogP contribution in [0.2, 0.25) is 5.15 Å². The van der Waals surface area contributed by atoms with E-state index in [1.54, 1.807) is 18.7 Å². The number of halogens is 1. The molecule has 7 heteroatoms. The fourth-order valence-electron chi connectivity index (χ4n) is 2.45. The van der Waals surface area contributed by atoms with Crippen LogP contribution in [0.15, 0.2) is 54.6 Å². The SMILES string of the molecule is Clc1nc2ncnn2cc1C1=COC(CC2=CC=CCC2)=CO1. The highest BCUT2D eigenvalue weighted by Crippen LogP contribution is 2.29. The molecule has 2 aromatic heterocycles. The number of fused-ring (bicyclic) bond motifs is 1. The second kappa shape index (κ2) is 5.89. The summed E-state index contributed by atoms with van der Waals surface area (Å²) in [6, 6.07) is 0. The Hall–Kier alpha value is -2.60. The van der Waals surface area contributed by atoms with Gasteiger partial charge in [-0.05, 0) is 12.8 Å². The van der Waals surface area contributed by atoms with E-state index in [-0.39, 0.29) is 5.15 Å². The molecule has 0 amide bonds. The van der Waals surface area contributed by atoms with Crippen molar-refractivity contribution in [3.8, 4) is 0 Å². The first kappa shape index (κ1) is 14.0. The Morgan fingerprint density at radius 3 is 3.00 bits per heavy atom. The van der Waals surface area contributed by atoms with Gasteiger partial charge < -0.3 is 9.47 Å². The summed E-state index contributed by atoms with van der Waals surface area (Å²) in [7, 11) is 0. The number of ether oxygens (including phenoxy) is 2. The Kier molecular flexibility index (Phi) is 3.59. The molecule has 3 heterocycles. The van der Waals surface area contributed by atoms with Crippen LogP contribution in [0.1, 0.15) is 24.8 Å². The normalized spacial score (nSPS) is 17.2. The topological polar surface area (TPSA) is 61.5 Å². The lowest BCUT2D eigenvalue weighted by Gasteiger charge is -2.17. The average molecular weight is 329 g/mol. The molecule has 2 aliphatic rings. The highest BCUT2D eigenvalue weighted by atomic mass is 35.5. The van der Waals surface area contributed by atoms with E-state index in [9.17, 15) is 0 Å². The standard InChI is InChI=1S/C16H13ClN4O2/c17-15-13(7-21-16(20-15)18-10-19-21)14-9-22-12(8-23-14)6-11-4-2-1-3-5-11/h1-2,4,7-10H,3,5-6H2. The third kappa shape index (κ3) is 2.85. The zero-order valence-corrected chi connectivity index (χ0v) is 12.9. The van der Waals surface area contributed by atoms with E-state index in [2.05, 4.69) is 33.3 Å². The lowest BCUT2D eigenvalue weighted by Crippen LogP contribution is -2.03. The summed E-state index contributed by atoms with van der Waals surface area (Å²) in [4.78, 5) is 8.15. The van der Waals surface area contributed by atoms with E-state index in [0.717, 1.165) is 25.0 Å². The Bertz CT molecular complexity index is 879. The molecule has 0 spiro atoms. The molecule has 116 valence electrons. The number of aromatic nitrogens is 4. The van der Waals surface area contributed by atoms with E-state index in [0.29, 0.717) is 17.1 Å². The highest BCUT2D eigenvalue weighted by molar-refractivity contribution is 6.31. The van der Waals surface area contributed by atoms with E-state index in [1.807, 2.05) is 0 Å². The molecule has 0 fully saturated rings. The monoisotopic (exact) mass is 328 g/mol.